The summed E-state index contributed by atoms with van der Waals surface area (Å²) >= 11 is 7.67. The van der Waals surface area contributed by atoms with E-state index in [1.165, 1.54) is 31.0 Å². The van der Waals surface area contributed by atoms with Gasteiger partial charge in [0.25, 0.3) is 5.91 Å². The number of nitrogens with zero attached hydrogens (tertiary/aromatic N) is 1. The molecule has 5 nitrogen and oxygen atoms in total. The number of thioether (sulfide) groups is 1. The lowest BCUT2D eigenvalue weighted by Gasteiger charge is -2.13. The maximum Gasteiger partial charge on any atom is 0.264 e. The Bertz CT molecular complexity index is 1220. The number of methoxy groups -OCH3 is 1. The van der Waals surface area contributed by atoms with Crippen molar-refractivity contribution in [2.75, 3.05) is 7.11 Å². The lowest BCUT2D eigenvalue weighted by atomic mass is 10.1. The predicted molar refractivity (Wildman–Crippen MR) is 126 cm³/mol. The zero-order chi connectivity index (χ0) is 22.5. The Morgan fingerprint density at radius 3 is 2.69 bits per heavy atom. The summed E-state index contributed by atoms with van der Waals surface area (Å²) in [5, 5.41) is 3.57. The van der Waals surface area contributed by atoms with Gasteiger partial charge in [-0.3, -0.25) is 4.79 Å². The SMILES string of the molecule is COc1cc(/C=C2\SC(=Nc3ccccc3)NC2=O)cc(Cl)c1OCc1cccc(F)c1. The van der Waals surface area contributed by atoms with Crippen LogP contribution in [-0.2, 0) is 11.4 Å². The first-order valence-corrected chi connectivity index (χ1v) is 10.8. The van der Waals surface area contributed by atoms with Crippen molar-refractivity contribution in [2.24, 2.45) is 4.99 Å². The van der Waals surface area contributed by atoms with E-state index >= 15 is 0 Å². The zero-order valence-electron chi connectivity index (χ0n) is 17.0. The molecule has 1 N–H and O–H groups in total. The molecule has 0 radical (unpaired) electrons. The lowest BCUT2D eigenvalue weighted by Crippen LogP contribution is -2.19. The smallest absolute Gasteiger partial charge is 0.264 e. The zero-order valence-corrected chi connectivity index (χ0v) is 18.5. The van der Waals surface area contributed by atoms with E-state index < -0.39 is 0 Å². The summed E-state index contributed by atoms with van der Waals surface area (Å²) in [6, 6.07) is 18.9. The number of amidine groups is 1. The molecule has 1 saturated heterocycles. The standard InChI is InChI=1S/C24H18ClFN2O3S/c1-30-20-12-16(11-19(25)22(20)31-14-15-6-5-7-17(26)10-15)13-21-23(29)28-24(32-21)27-18-8-3-2-4-9-18/h2-13H,14H2,1H3,(H,27,28,29)/b21-13-. The fourth-order valence-electron chi connectivity index (χ4n) is 3.00. The van der Waals surface area contributed by atoms with Crippen molar-refractivity contribution in [1.82, 2.24) is 5.32 Å². The molecule has 0 spiro atoms. The Balaban J connectivity index is 1.54. The molecule has 162 valence electrons. The van der Waals surface area contributed by atoms with Gasteiger partial charge >= 0.3 is 0 Å². The number of halogens is 2. The summed E-state index contributed by atoms with van der Waals surface area (Å²) in [6.07, 6.45) is 1.71. The van der Waals surface area contributed by atoms with Gasteiger partial charge in [0.15, 0.2) is 16.7 Å². The molecule has 1 aliphatic heterocycles. The van der Waals surface area contributed by atoms with Crippen molar-refractivity contribution >= 4 is 46.2 Å². The van der Waals surface area contributed by atoms with Crippen molar-refractivity contribution in [3.8, 4) is 11.5 Å². The second-order valence-electron chi connectivity index (χ2n) is 6.77. The molecule has 3 aromatic rings. The minimum absolute atomic E-state index is 0.131. The van der Waals surface area contributed by atoms with Crippen LogP contribution in [-0.4, -0.2) is 18.2 Å². The number of benzene rings is 3. The average molecular weight is 469 g/mol. The second-order valence-corrected chi connectivity index (χ2v) is 8.21. The molecule has 0 saturated carbocycles. The van der Waals surface area contributed by atoms with Gasteiger partial charge in [0, 0.05) is 0 Å². The van der Waals surface area contributed by atoms with Gasteiger partial charge in [0.2, 0.25) is 0 Å². The largest absolute Gasteiger partial charge is 0.493 e. The van der Waals surface area contributed by atoms with Crippen LogP contribution in [0.25, 0.3) is 6.08 Å². The van der Waals surface area contributed by atoms with Gasteiger partial charge in [-0.1, -0.05) is 41.9 Å². The number of para-hydroxylation sites is 1. The third kappa shape index (κ3) is 5.30. The highest BCUT2D eigenvalue weighted by atomic mass is 35.5. The molecular weight excluding hydrogens is 451 g/mol. The van der Waals surface area contributed by atoms with Gasteiger partial charge < -0.3 is 14.8 Å². The summed E-state index contributed by atoms with van der Waals surface area (Å²) < 4.78 is 24.6. The van der Waals surface area contributed by atoms with E-state index in [0.29, 0.717) is 37.7 Å². The molecule has 0 aliphatic carbocycles. The summed E-state index contributed by atoms with van der Waals surface area (Å²) in [6.45, 7) is 0.131. The van der Waals surface area contributed by atoms with Gasteiger partial charge in [-0.15, -0.1) is 0 Å². The normalized spacial score (nSPS) is 15.8. The van der Waals surface area contributed by atoms with Gasteiger partial charge in [-0.05, 0) is 65.4 Å². The first kappa shape index (κ1) is 21.9. The molecule has 4 rings (SSSR count). The first-order valence-electron chi connectivity index (χ1n) is 9.61. The molecule has 8 heteroatoms. The Labute approximate surface area is 193 Å². The Morgan fingerprint density at radius 1 is 1.12 bits per heavy atom. The average Bonchev–Trinajstić information content (AvgIpc) is 3.11. The molecule has 0 atom stereocenters. The van der Waals surface area contributed by atoms with E-state index in [1.54, 1.807) is 30.3 Å². The number of ether oxygens (including phenoxy) is 2. The molecule has 1 heterocycles. The monoisotopic (exact) mass is 468 g/mol. The van der Waals surface area contributed by atoms with E-state index in [2.05, 4.69) is 10.3 Å². The van der Waals surface area contributed by atoms with E-state index in [4.69, 9.17) is 21.1 Å². The van der Waals surface area contributed by atoms with E-state index in [0.717, 1.165) is 5.69 Å². The molecule has 1 aliphatic rings. The van der Waals surface area contributed by atoms with Crippen LogP contribution < -0.4 is 14.8 Å². The maximum absolute atomic E-state index is 13.4. The molecule has 1 fully saturated rings. The van der Waals surface area contributed by atoms with Gasteiger partial charge in [0.1, 0.15) is 12.4 Å². The maximum atomic E-state index is 13.4. The van der Waals surface area contributed by atoms with Gasteiger partial charge in [-0.2, -0.15) is 0 Å². The summed E-state index contributed by atoms with van der Waals surface area (Å²) in [4.78, 5) is 17.3. The highest BCUT2D eigenvalue weighted by molar-refractivity contribution is 8.18. The number of carbonyl (C=O) groups is 1. The highest BCUT2D eigenvalue weighted by Crippen LogP contribution is 2.38. The molecule has 3 aromatic carbocycles. The van der Waals surface area contributed by atoms with Crippen LogP contribution in [0.4, 0.5) is 10.1 Å². The molecular formula is C24H18ClFN2O3S. The van der Waals surface area contributed by atoms with E-state index in [1.807, 2.05) is 30.3 Å². The predicted octanol–water partition coefficient (Wildman–Crippen LogP) is 5.96. The van der Waals surface area contributed by atoms with E-state index in [-0.39, 0.29) is 18.3 Å². The third-order valence-corrected chi connectivity index (χ3v) is 5.65. The van der Waals surface area contributed by atoms with Crippen molar-refractivity contribution < 1.29 is 18.7 Å². The van der Waals surface area contributed by atoms with Crippen LogP contribution in [0.2, 0.25) is 5.02 Å². The fourth-order valence-corrected chi connectivity index (χ4v) is 4.11. The summed E-state index contributed by atoms with van der Waals surface area (Å²) in [7, 11) is 1.50. The third-order valence-electron chi connectivity index (χ3n) is 4.46. The topological polar surface area (TPSA) is 59.9 Å². The molecule has 32 heavy (non-hydrogen) atoms. The van der Waals surface area contributed by atoms with E-state index in [9.17, 15) is 9.18 Å². The van der Waals surface area contributed by atoms with Crippen LogP contribution in [0.3, 0.4) is 0 Å². The number of rotatable bonds is 6. The fraction of sp³-hybridized carbons (Fsp3) is 0.0833. The number of hydrogen-bond donors (Lipinski definition) is 1. The summed E-state index contributed by atoms with van der Waals surface area (Å²) in [5.74, 6) is 0.164. The molecule has 1 amide bonds. The van der Waals surface area contributed by atoms with Gasteiger partial charge in [0.05, 0.1) is 22.7 Å². The Hall–Kier alpha value is -3.29. The molecule has 0 unspecified atom stereocenters. The number of nitrogens with one attached hydrogen (secondary N) is 1. The minimum Gasteiger partial charge on any atom is -0.493 e. The van der Waals surface area contributed by atoms with Gasteiger partial charge in [-0.25, -0.2) is 9.38 Å². The minimum atomic E-state index is -0.339. The van der Waals surface area contributed by atoms with Crippen molar-refractivity contribution in [1.29, 1.82) is 0 Å². The Kier molecular flexibility index (Phi) is 6.78. The number of carbonyl (C=O) groups excluding carboxylic acids is 1. The molecule has 0 bridgehead atoms. The number of hydrogen-bond acceptors (Lipinski definition) is 5. The summed E-state index contributed by atoms with van der Waals surface area (Å²) in [5.41, 5.74) is 2.09. The van der Waals surface area contributed by atoms with Crippen LogP contribution >= 0.6 is 23.4 Å². The lowest BCUT2D eigenvalue weighted by molar-refractivity contribution is -0.115. The van der Waals surface area contributed by atoms with Crippen molar-refractivity contribution in [2.45, 2.75) is 6.61 Å². The van der Waals surface area contributed by atoms with Crippen LogP contribution in [0.1, 0.15) is 11.1 Å². The van der Waals surface area contributed by atoms with Crippen molar-refractivity contribution in [3.63, 3.8) is 0 Å². The molecule has 0 aromatic heterocycles. The van der Waals surface area contributed by atoms with Crippen LogP contribution in [0, 0.1) is 5.82 Å². The second kappa shape index (κ2) is 9.89. The Morgan fingerprint density at radius 2 is 1.94 bits per heavy atom. The quantitative estimate of drug-likeness (QED) is 0.453. The highest BCUT2D eigenvalue weighted by Gasteiger charge is 2.24. The number of aliphatic imine (C=N–C) groups is 1. The first-order chi connectivity index (χ1) is 15.5. The van der Waals surface area contributed by atoms with Crippen molar-refractivity contribution in [3.05, 3.63) is 93.6 Å². The van der Waals surface area contributed by atoms with Crippen LogP contribution in [0.5, 0.6) is 11.5 Å². The number of amides is 1. The van der Waals surface area contributed by atoms with Crippen LogP contribution in [0.15, 0.2) is 76.6 Å².